The van der Waals surface area contributed by atoms with E-state index in [0.29, 0.717) is 22.3 Å². The summed E-state index contributed by atoms with van der Waals surface area (Å²) in [4.78, 5) is 19.3. The third-order valence-electron chi connectivity index (χ3n) is 4.57. The predicted octanol–water partition coefficient (Wildman–Crippen LogP) is 4.97. The summed E-state index contributed by atoms with van der Waals surface area (Å²) in [7, 11) is 1.54. The maximum absolute atomic E-state index is 12.9. The third-order valence-corrected chi connectivity index (χ3v) is 6.41. The van der Waals surface area contributed by atoms with Crippen molar-refractivity contribution < 1.29 is 9.53 Å². The maximum atomic E-state index is 12.9. The lowest BCUT2D eigenvalue weighted by Crippen LogP contribution is -2.20. The number of ether oxygens (including phenoxy) is 1. The molecule has 140 valence electrons. The van der Waals surface area contributed by atoms with Crippen molar-refractivity contribution in [2.75, 3.05) is 7.11 Å². The molecule has 0 spiro atoms. The van der Waals surface area contributed by atoms with Crippen LogP contribution in [0.4, 0.5) is 0 Å². The van der Waals surface area contributed by atoms with Gasteiger partial charge in [-0.3, -0.25) is 4.79 Å². The standard InChI is InChI=1S/C20H25ClN2O2S/c1-12-17(20(2,3)4)26-19(23(12)11-13-6-7-13)22-18(24)15-10-14(21)8-9-16(15)25-5/h8-10,13H,6-7,11H2,1-5H3. The van der Waals surface area contributed by atoms with E-state index in [2.05, 4.69) is 37.3 Å². The molecule has 6 heteroatoms. The number of thiazole rings is 1. The zero-order chi connectivity index (χ0) is 19.1. The summed E-state index contributed by atoms with van der Waals surface area (Å²) < 4.78 is 7.51. The Balaban J connectivity index is 2.10. The Morgan fingerprint density at radius 3 is 2.65 bits per heavy atom. The van der Waals surface area contributed by atoms with Crippen molar-refractivity contribution in [2.24, 2.45) is 10.9 Å². The Labute approximate surface area is 163 Å². The number of carbonyl (C=O) groups excluding carboxylic acids is 1. The first-order valence-electron chi connectivity index (χ1n) is 8.84. The molecule has 1 aliphatic rings. The van der Waals surface area contributed by atoms with Crippen molar-refractivity contribution in [3.63, 3.8) is 0 Å². The van der Waals surface area contributed by atoms with Crippen molar-refractivity contribution in [1.82, 2.24) is 4.57 Å². The number of hydrogen-bond acceptors (Lipinski definition) is 3. The van der Waals surface area contributed by atoms with Crippen LogP contribution >= 0.6 is 22.9 Å². The fourth-order valence-corrected chi connectivity index (χ4v) is 4.40. The highest BCUT2D eigenvalue weighted by molar-refractivity contribution is 7.09. The molecule has 1 amide bonds. The van der Waals surface area contributed by atoms with E-state index in [0.717, 1.165) is 11.3 Å². The van der Waals surface area contributed by atoms with Crippen molar-refractivity contribution >= 4 is 28.8 Å². The number of hydrogen-bond donors (Lipinski definition) is 0. The molecule has 0 bridgehead atoms. The number of carbonyl (C=O) groups is 1. The molecule has 3 rings (SSSR count). The number of amides is 1. The van der Waals surface area contributed by atoms with Crippen LogP contribution < -0.4 is 9.54 Å². The van der Waals surface area contributed by atoms with Crippen molar-refractivity contribution in [1.29, 1.82) is 0 Å². The van der Waals surface area contributed by atoms with Gasteiger partial charge in [0, 0.05) is 22.1 Å². The summed E-state index contributed by atoms with van der Waals surface area (Å²) in [6.45, 7) is 9.64. The van der Waals surface area contributed by atoms with E-state index in [-0.39, 0.29) is 11.3 Å². The summed E-state index contributed by atoms with van der Waals surface area (Å²) in [5.74, 6) is 0.864. The first kappa shape index (κ1) is 19.2. The monoisotopic (exact) mass is 392 g/mol. The van der Waals surface area contributed by atoms with Crippen LogP contribution in [-0.4, -0.2) is 17.6 Å². The van der Waals surface area contributed by atoms with Crippen molar-refractivity contribution in [3.05, 3.63) is 44.2 Å². The molecular formula is C20H25ClN2O2S. The molecule has 0 N–H and O–H groups in total. The topological polar surface area (TPSA) is 43.6 Å². The van der Waals surface area contributed by atoms with Gasteiger partial charge in [0.15, 0.2) is 4.80 Å². The SMILES string of the molecule is COc1ccc(Cl)cc1C(=O)N=c1sc(C(C)(C)C)c(C)n1CC1CC1. The van der Waals surface area contributed by atoms with Gasteiger partial charge in [0.1, 0.15) is 5.75 Å². The Morgan fingerprint density at radius 2 is 2.08 bits per heavy atom. The first-order chi connectivity index (χ1) is 12.2. The Bertz CT molecular complexity index is 902. The molecular weight excluding hydrogens is 368 g/mol. The van der Waals surface area contributed by atoms with E-state index in [4.69, 9.17) is 16.3 Å². The van der Waals surface area contributed by atoms with Gasteiger partial charge in [-0.25, -0.2) is 0 Å². The molecule has 1 aliphatic carbocycles. The number of halogens is 1. The molecule has 4 nitrogen and oxygen atoms in total. The van der Waals surface area contributed by atoms with Gasteiger partial charge in [-0.15, -0.1) is 11.3 Å². The molecule has 26 heavy (non-hydrogen) atoms. The van der Waals surface area contributed by atoms with Crippen LogP contribution in [0.3, 0.4) is 0 Å². The van der Waals surface area contributed by atoms with Crippen LogP contribution in [0.25, 0.3) is 0 Å². The van der Waals surface area contributed by atoms with Crippen LogP contribution in [0.2, 0.25) is 5.02 Å². The average molecular weight is 393 g/mol. The van der Waals surface area contributed by atoms with Gasteiger partial charge in [0.2, 0.25) is 0 Å². The number of methoxy groups -OCH3 is 1. The summed E-state index contributed by atoms with van der Waals surface area (Å²) >= 11 is 7.67. The minimum atomic E-state index is -0.324. The predicted molar refractivity (Wildman–Crippen MR) is 106 cm³/mol. The maximum Gasteiger partial charge on any atom is 0.283 e. The highest BCUT2D eigenvalue weighted by Crippen LogP contribution is 2.33. The highest BCUT2D eigenvalue weighted by atomic mass is 35.5. The van der Waals surface area contributed by atoms with Gasteiger partial charge in [-0.1, -0.05) is 32.4 Å². The fraction of sp³-hybridized carbons (Fsp3) is 0.500. The number of nitrogens with zero attached hydrogens (tertiary/aromatic N) is 2. The zero-order valence-corrected chi connectivity index (χ0v) is 17.5. The summed E-state index contributed by atoms with van der Waals surface area (Å²) in [6, 6.07) is 5.02. The second-order valence-corrected chi connectivity index (χ2v) is 9.28. The lowest BCUT2D eigenvalue weighted by Gasteiger charge is -2.17. The average Bonchev–Trinajstić information content (AvgIpc) is 3.33. The summed E-state index contributed by atoms with van der Waals surface area (Å²) in [5, 5.41) is 0.493. The molecule has 0 radical (unpaired) electrons. The molecule has 0 atom stereocenters. The quantitative estimate of drug-likeness (QED) is 0.737. The minimum absolute atomic E-state index is 0.0185. The van der Waals surface area contributed by atoms with Crippen LogP contribution in [0.1, 0.15) is 54.5 Å². The molecule has 0 saturated heterocycles. The molecule has 1 fully saturated rings. The van der Waals surface area contributed by atoms with Gasteiger partial charge in [-0.2, -0.15) is 4.99 Å². The second-order valence-electron chi connectivity index (χ2n) is 7.86. The van der Waals surface area contributed by atoms with Crippen molar-refractivity contribution in [3.8, 4) is 5.75 Å². The first-order valence-corrected chi connectivity index (χ1v) is 10.0. The van der Waals surface area contributed by atoms with Gasteiger partial charge in [-0.05, 0) is 49.3 Å². The van der Waals surface area contributed by atoms with Crippen molar-refractivity contribution in [2.45, 2.75) is 52.5 Å². The Hall–Kier alpha value is -1.59. The van der Waals surface area contributed by atoms with Gasteiger partial charge < -0.3 is 9.30 Å². The van der Waals surface area contributed by atoms with Gasteiger partial charge >= 0.3 is 0 Å². The van der Waals surface area contributed by atoms with E-state index in [9.17, 15) is 4.79 Å². The molecule has 1 heterocycles. The highest BCUT2D eigenvalue weighted by Gasteiger charge is 2.27. The molecule has 1 aromatic heterocycles. The Morgan fingerprint density at radius 1 is 1.38 bits per heavy atom. The number of aromatic nitrogens is 1. The normalized spacial score (nSPS) is 15.4. The molecule has 1 aromatic carbocycles. The Kier molecular flexibility index (Phi) is 5.31. The van der Waals surface area contributed by atoms with Crippen LogP contribution in [0, 0.1) is 12.8 Å². The van der Waals surface area contributed by atoms with E-state index in [1.54, 1.807) is 36.6 Å². The van der Waals surface area contributed by atoms with Crippen LogP contribution in [0.15, 0.2) is 23.2 Å². The van der Waals surface area contributed by atoms with E-state index in [1.165, 1.54) is 23.4 Å². The lowest BCUT2D eigenvalue weighted by atomic mass is 9.93. The van der Waals surface area contributed by atoms with E-state index >= 15 is 0 Å². The molecule has 0 aliphatic heterocycles. The molecule has 1 saturated carbocycles. The third kappa shape index (κ3) is 4.04. The zero-order valence-electron chi connectivity index (χ0n) is 15.9. The molecule has 2 aromatic rings. The second kappa shape index (κ2) is 7.20. The van der Waals surface area contributed by atoms with E-state index < -0.39 is 0 Å². The summed E-state index contributed by atoms with van der Waals surface area (Å²) in [5.41, 5.74) is 1.62. The molecule has 0 unspecified atom stereocenters. The van der Waals surface area contributed by atoms with E-state index in [1.807, 2.05) is 0 Å². The fourth-order valence-electron chi connectivity index (χ4n) is 3.03. The van der Waals surface area contributed by atoms with Crippen LogP contribution in [-0.2, 0) is 12.0 Å². The number of rotatable bonds is 4. The van der Waals surface area contributed by atoms with Gasteiger partial charge in [0.25, 0.3) is 5.91 Å². The summed E-state index contributed by atoms with van der Waals surface area (Å²) in [6.07, 6.45) is 2.51. The lowest BCUT2D eigenvalue weighted by molar-refractivity contribution is 0.0994. The minimum Gasteiger partial charge on any atom is -0.496 e. The smallest absolute Gasteiger partial charge is 0.283 e. The van der Waals surface area contributed by atoms with Gasteiger partial charge in [0.05, 0.1) is 12.7 Å². The number of benzene rings is 1. The van der Waals surface area contributed by atoms with Crippen LogP contribution in [0.5, 0.6) is 5.75 Å². The largest absolute Gasteiger partial charge is 0.496 e.